The van der Waals surface area contributed by atoms with Gasteiger partial charge < -0.3 is 22.5 Å². The monoisotopic (exact) mass is 256 g/mol. The minimum absolute atomic E-state index is 0.0465. The fourth-order valence-electron chi connectivity index (χ4n) is 1.93. The fourth-order valence-corrected chi connectivity index (χ4v) is 1.93. The molecule has 18 heavy (non-hydrogen) atoms. The van der Waals surface area contributed by atoms with E-state index in [1.54, 1.807) is 7.05 Å². The van der Waals surface area contributed by atoms with Crippen LogP contribution in [-0.4, -0.2) is 54.9 Å². The van der Waals surface area contributed by atoms with Gasteiger partial charge in [0.05, 0.1) is 6.04 Å². The van der Waals surface area contributed by atoms with Gasteiger partial charge in [0.15, 0.2) is 5.96 Å². The van der Waals surface area contributed by atoms with Crippen LogP contribution in [0.5, 0.6) is 0 Å². The molecule has 0 aliphatic carbocycles. The van der Waals surface area contributed by atoms with Crippen LogP contribution < -0.4 is 22.5 Å². The van der Waals surface area contributed by atoms with Crippen LogP contribution in [0.1, 0.15) is 12.8 Å². The molecule has 0 unspecified atom stereocenters. The summed E-state index contributed by atoms with van der Waals surface area (Å²) < 4.78 is 0. The number of hydrogen-bond donors (Lipinski definition) is 4. The van der Waals surface area contributed by atoms with Crippen molar-refractivity contribution in [2.24, 2.45) is 22.2 Å². The van der Waals surface area contributed by atoms with E-state index in [4.69, 9.17) is 17.2 Å². The van der Waals surface area contributed by atoms with E-state index in [2.05, 4.69) is 10.3 Å². The highest BCUT2D eigenvalue weighted by Crippen LogP contribution is 2.11. The molecule has 2 amide bonds. The smallest absolute Gasteiger partial charge is 0.241 e. The first kappa shape index (κ1) is 14.2. The Bertz CT molecular complexity index is 352. The Hall–Kier alpha value is -1.83. The second-order valence-electron chi connectivity index (χ2n) is 4.37. The molecule has 1 saturated heterocycles. The van der Waals surface area contributed by atoms with Crippen molar-refractivity contribution in [3.8, 4) is 0 Å². The maximum atomic E-state index is 11.8. The molecule has 0 radical (unpaired) electrons. The van der Waals surface area contributed by atoms with Crippen LogP contribution in [0, 0.1) is 0 Å². The van der Waals surface area contributed by atoms with E-state index in [9.17, 15) is 9.59 Å². The summed E-state index contributed by atoms with van der Waals surface area (Å²) in [5.41, 5.74) is 15.6. The molecule has 7 N–H and O–H groups in total. The lowest BCUT2D eigenvalue weighted by Gasteiger charge is -2.35. The van der Waals surface area contributed by atoms with Gasteiger partial charge in [-0.3, -0.25) is 19.5 Å². The molecule has 1 rings (SSSR count). The van der Waals surface area contributed by atoms with E-state index in [-0.39, 0.29) is 17.9 Å². The van der Waals surface area contributed by atoms with Crippen LogP contribution in [0.25, 0.3) is 0 Å². The molecular weight excluding hydrogens is 236 g/mol. The first-order valence-electron chi connectivity index (χ1n) is 5.77. The van der Waals surface area contributed by atoms with Crippen molar-refractivity contribution in [3.05, 3.63) is 0 Å². The van der Waals surface area contributed by atoms with Crippen molar-refractivity contribution in [1.29, 1.82) is 0 Å². The van der Waals surface area contributed by atoms with Crippen molar-refractivity contribution in [2.75, 3.05) is 20.1 Å². The largest absolute Gasteiger partial charge is 0.370 e. The molecule has 0 saturated carbocycles. The molecule has 1 heterocycles. The number of rotatable bonds is 5. The zero-order valence-corrected chi connectivity index (χ0v) is 10.4. The number of piperazine rings is 1. The van der Waals surface area contributed by atoms with Crippen molar-refractivity contribution in [1.82, 2.24) is 10.2 Å². The Kier molecular flexibility index (Phi) is 4.90. The minimum atomic E-state index is -0.614. The number of guanidine groups is 1. The summed E-state index contributed by atoms with van der Waals surface area (Å²) in [5.74, 6) is -0.656. The Morgan fingerprint density at radius 1 is 1.50 bits per heavy atom. The van der Waals surface area contributed by atoms with Crippen LogP contribution in [0.4, 0.5) is 0 Å². The summed E-state index contributed by atoms with van der Waals surface area (Å²) in [6, 6.07) is -0.883. The molecule has 2 atom stereocenters. The molecule has 0 aromatic rings. The van der Waals surface area contributed by atoms with Gasteiger partial charge in [0.1, 0.15) is 6.04 Å². The predicted octanol–water partition coefficient (Wildman–Crippen LogP) is -2.68. The average molecular weight is 256 g/mol. The molecule has 0 aromatic heterocycles. The molecule has 8 nitrogen and oxygen atoms in total. The van der Waals surface area contributed by atoms with Crippen LogP contribution >= 0.6 is 0 Å². The topological polar surface area (TPSA) is 140 Å². The van der Waals surface area contributed by atoms with E-state index in [1.807, 2.05) is 4.90 Å². The summed E-state index contributed by atoms with van der Waals surface area (Å²) in [5, 5.41) is 2.61. The molecular formula is C10H20N6O2. The molecule has 1 fully saturated rings. The Labute approximate surface area is 106 Å². The van der Waals surface area contributed by atoms with Gasteiger partial charge in [-0.05, 0) is 19.9 Å². The Morgan fingerprint density at radius 2 is 2.17 bits per heavy atom. The third-order valence-corrected chi connectivity index (χ3v) is 2.90. The van der Waals surface area contributed by atoms with E-state index >= 15 is 0 Å². The molecule has 8 heteroatoms. The van der Waals surface area contributed by atoms with Gasteiger partial charge in [0.2, 0.25) is 11.8 Å². The van der Waals surface area contributed by atoms with Gasteiger partial charge in [-0.25, -0.2) is 0 Å². The number of nitrogens with one attached hydrogen (secondary N) is 1. The Balaban J connectivity index is 2.45. The van der Waals surface area contributed by atoms with Gasteiger partial charge in [0, 0.05) is 13.1 Å². The molecule has 0 bridgehead atoms. The number of primary amides is 1. The maximum Gasteiger partial charge on any atom is 0.241 e. The van der Waals surface area contributed by atoms with Crippen LogP contribution in [0.15, 0.2) is 4.99 Å². The van der Waals surface area contributed by atoms with E-state index < -0.39 is 11.9 Å². The second kappa shape index (κ2) is 6.20. The van der Waals surface area contributed by atoms with Crippen molar-refractivity contribution >= 4 is 17.8 Å². The number of nitrogens with two attached hydrogens (primary N) is 3. The van der Waals surface area contributed by atoms with Crippen molar-refractivity contribution < 1.29 is 9.59 Å². The summed E-state index contributed by atoms with van der Waals surface area (Å²) >= 11 is 0. The summed E-state index contributed by atoms with van der Waals surface area (Å²) in [6.07, 6.45) is 1.33. The van der Waals surface area contributed by atoms with Gasteiger partial charge in [-0.2, -0.15) is 0 Å². The highest BCUT2D eigenvalue weighted by atomic mass is 16.2. The lowest BCUT2D eigenvalue weighted by atomic mass is 10.0. The highest BCUT2D eigenvalue weighted by molar-refractivity contribution is 5.90. The van der Waals surface area contributed by atoms with Gasteiger partial charge in [0.25, 0.3) is 0 Å². The fraction of sp³-hybridized carbons (Fsp3) is 0.700. The quantitative estimate of drug-likeness (QED) is 0.241. The van der Waals surface area contributed by atoms with Crippen LogP contribution in [-0.2, 0) is 9.59 Å². The first-order valence-corrected chi connectivity index (χ1v) is 5.77. The number of carbonyl (C=O) groups excluding carboxylic acids is 2. The summed E-state index contributed by atoms with van der Waals surface area (Å²) in [4.78, 5) is 28.5. The second-order valence-corrected chi connectivity index (χ2v) is 4.37. The average Bonchev–Trinajstić information content (AvgIpc) is 2.26. The lowest BCUT2D eigenvalue weighted by molar-refractivity contribution is -0.135. The summed E-state index contributed by atoms with van der Waals surface area (Å²) in [6.45, 7) is 0.910. The van der Waals surface area contributed by atoms with Gasteiger partial charge in [-0.1, -0.05) is 0 Å². The van der Waals surface area contributed by atoms with Crippen LogP contribution in [0.2, 0.25) is 0 Å². The van der Waals surface area contributed by atoms with Crippen LogP contribution in [0.3, 0.4) is 0 Å². The zero-order valence-electron chi connectivity index (χ0n) is 10.4. The van der Waals surface area contributed by atoms with Gasteiger partial charge in [-0.15, -0.1) is 0 Å². The molecule has 0 aromatic carbocycles. The number of amides is 2. The van der Waals surface area contributed by atoms with E-state index in [0.29, 0.717) is 25.9 Å². The summed E-state index contributed by atoms with van der Waals surface area (Å²) in [7, 11) is 1.79. The number of likely N-dealkylation sites (N-methyl/N-ethyl adjacent to an activating group) is 1. The minimum Gasteiger partial charge on any atom is -0.370 e. The predicted molar refractivity (Wildman–Crippen MR) is 67.5 cm³/mol. The first-order chi connectivity index (χ1) is 8.41. The Morgan fingerprint density at radius 3 is 2.67 bits per heavy atom. The SMILES string of the molecule is CN1C[C@H](C(N)=O)NC(=O)[C@H]1CCCN=C(N)N. The highest BCUT2D eigenvalue weighted by Gasteiger charge is 2.33. The van der Waals surface area contributed by atoms with E-state index in [1.165, 1.54) is 0 Å². The third-order valence-electron chi connectivity index (χ3n) is 2.90. The number of hydrogen-bond acceptors (Lipinski definition) is 4. The lowest BCUT2D eigenvalue weighted by Crippen LogP contribution is -2.62. The standard InChI is InChI=1S/C10H20N6O2/c1-16-5-6(8(11)17)15-9(18)7(16)3-2-4-14-10(12)13/h6-7H,2-5H2,1H3,(H2,11,17)(H,15,18)(H4,12,13,14)/t6-,7-/m1/s1. The normalized spacial score (nSPS) is 24.4. The molecule has 0 spiro atoms. The maximum absolute atomic E-state index is 11.8. The molecule has 1 aliphatic heterocycles. The molecule has 102 valence electrons. The number of carbonyl (C=O) groups is 2. The molecule has 1 aliphatic rings. The zero-order chi connectivity index (χ0) is 13.7. The number of nitrogens with zero attached hydrogens (tertiary/aromatic N) is 2. The van der Waals surface area contributed by atoms with Crippen molar-refractivity contribution in [2.45, 2.75) is 24.9 Å². The number of aliphatic imine (C=N–C) groups is 1. The van der Waals surface area contributed by atoms with E-state index in [0.717, 1.165) is 0 Å². The third kappa shape index (κ3) is 3.88. The van der Waals surface area contributed by atoms with Crippen molar-refractivity contribution in [3.63, 3.8) is 0 Å². The van der Waals surface area contributed by atoms with Gasteiger partial charge >= 0.3 is 0 Å².